The third kappa shape index (κ3) is 4.46. The molecule has 20 heavy (non-hydrogen) atoms. The van der Waals surface area contributed by atoms with Gasteiger partial charge in [0.2, 0.25) is 0 Å². The molecule has 4 heteroatoms. The zero-order valence-electron chi connectivity index (χ0n) is 12.6. The Hall–Kier alpha value is -1.68. The van der Waals surface area contributed by atoms with Gasteiger partial charge in [-0.3, -0.25) is 9.59 Å². The van der Waals surface area contributed by atoms with E-state index in [9.17, 15) is 9.59 Å². The number of ketones is 1. The number of carbonyl (C=O) groups excluding carboxylic acids is 1. The number of carboxylic acid groups (broad SMARTS) is 1. The second-order valence-corrected chi connectivity index (χ2v) is 5.97. The van der Waals surface area contributed by atoms with Crippen LogP contribution < -0.4 is 5.32 Å². The smallest absolute Gasteiger partial charge is 0.303 e. The normalized spacial score (nSPS) is 13.0. The fourth-order valence-corrected chi connectivity index (χ4v) is 2.01. The van der Waals surface area contributed by atoms with Crippen LogP contribution in [0.1, 0.15) is 49.5 Å². The molecule has 1 aromatic carbocycles. The second kappa shape index (κ2) is 6.66. The largest absolute Gasteiger partial charge is 0.481 e. The molecule has 110 valence electrons. The van der Waals surface area contributed by atoms with Gasteiger partial charge in [0.25, 0.3) is 0 Å². The Morgan fingerprint density at radius 3 is 2.15 bits per heavy atom. The topological polar surface area (TPSA) is 66.4 Å². The number of aliphatic carboxylic acids is 1. The molecule has 2 N–H and O–H groups in total. The van der Waals surface area contributed by atoms with Crippen LogP contribution in [0.3, 0.4) is 0 Å². The van der Waals surface area contributed by atoms with Crippen molar-refractivity contribution in [3.63, 3.8) is 0 Å². The molecule has 0 radical (unpaired) electrons. The maximum atomic E-state index is 12.3. The Labute approximate surface area is 120 Å². The van der Waals surface area contributed by atoms with Crippen molar-refractivity contribution < 1.29 is 14.7 Å². The lowest BCUT2D eigenvalue weighted by atomic mass is 9.86. The lowest BCUT2D eigenvalue weighted by molar-refractivity contribution is -0.137. The average molecular weight is 277 g/mol. The minimum Gasteiger partial charge on any atom is -0.481 e. The summed E-state index contributed by atoms with van der Waals surface area (Å²) in [4.78, 5) is 22.9. The second-order valence-electron chi connectivity index (χ2n) is 5.97. The standard InChI is InChI=1S/C16H23NO3/c1-16(2,3)12-7-5-11(6-8-12)15(20)13(17-4)9-10-14(18)19/h5-8,13,17H,9-10H2,1-4H3,(H,18,19). The van der Waals surface area contributed by atoms with Gasteiger partial charge in [0.05, 0.1) is 6.04 Å². The van der Waals surface area contributed by atoms with E-state index in [1.807, 2.05) is 24.3 Å². The van der Waals surface area contributed by atoms with Crippen LogP contribution in [0.15, 0.2) is 24.3 Å². The van der Waals surface area contributed by atoms with Gasteiger partial charge in [-0.25, -0.2) is 0 Å². The molecule has 0 saturated heterocycles. The number of carbonyl (C=O) groups is 2. The summed E-state index contributed by atoms with van der Waals surface area (Å²) >= 11 is 0. The Bertz CT molecular complexity index is 471. The van der Waals surface area contributed by atoms with Crippen molar-refractivity contribution >= 4 is 11.8 Å². The predicted octanol–water partition coefficient (Wildman–Crippen LogP) is 2.62. The summed E-state index contributed by atoms with van der Waals surface area (Å²) in [7, 11) is 1.67. The Balaban J connectivity index is 2.82. The van der Waals surface area contributed by atoms with Gasteiger partial charge in [0.15, 0.2) is 5.78 Å². The summed E-state index contributed by atoms with van der Waals surface area (Å²) in [5, 5.41) is 11.6. The number of benzene rings is 1. The van der Waals surface area contributed by atoms with Gasteiger partial charge >= 0.3 is 5.97 Å². The Morgan fingerprint density at radius 1 is 1.20 bits per heavy atom. The van der Waals surface area contributed by atoms with Gasteiger partial charge in [-0.15, -0.1) is 0 Å². The van der Waals surface area contributed by atoms with E-state index >= 15 is 0 Å². The van der Waals surface area contributed by atoms with Crippen LogP contribution in [0.5, 0.6) is 0 Å². The highest BCUT2D eigenvalue weighted by Gasteiger charge is 2.20. The summed E-state index contributed by atoms with van der Waals surface area (Å²) in [6.07, 6.45) is 0.281. The first-order chi connectivity index (χ1) is 9.25. The van der Waals surface area contributed by atoms with Crippen LogP contribution in [0, 0.1) is 0 Å². The van der Waals surface area contributed by atoms with Gasteiger partial charge < -0.3 is 10.4 Å². The van der Waals surface area contributed by atoms with Crippen molar-refractivity contribution in [2.75, 3.05) is 7.05 Å². The average Bonchev–Trinajstić information content (AvgIpc) is 2.38. The summed E-state index contributed by atoms with van der Waals surface area (Å²) in [5.41, 5.74) is 1.83. The number of rotatable bonds is 6. The van der Waals surface area contributed by atoms with Crippen molar-refractivity contribution in [3.8, 4) is 0 Å². The molecule has 0 aliphatic heterocycles. The van der Waals surface area contributed by atoms with Gasteiger partial charge in [0.1, 0.15) is 0 Å². The summed E-state index contributed by atoms with van der Waals surface area (Å²) in [6.45, 7) is 6.35. The minimum atomic E-state index is -0.888. The molecule has 1 aromatic rings. The first-order valence-corrected chi connectivity index (χ1v) is 6.79. The predicted molar refractivity (Wildman–Crippen MR) is 79.2 cm³/mol. The van der Waals surface area contributed by atoms with Gasteiger partial charge in [-0.1, -0.05) is 45.0 Å². The van der Waals surface area contributed by atoms with E-state index < -0.39 is 12.0 Å². The van der Waals surface area contributed by atoms with Gasteiger partial charge in [-0.2, -0.15) is 0 Å². The van der Waals surface area contributed by atoms with Crippen LogP contribution in [0.4, 0.5) is 0 Å². The van der Waals surface area contributed by atoms with Crippen LogP contribution >= 0.6 is 0 Å². The zero-order chi connectivity index (χ0) is 15.3. The number of nitrogens with one attached hydrogen (secondary N) is 1. The van der Waals surface area contributed by atoms with Crippen molar-refractivity contribution in [1.82, 2.24) is 5.32 Å². The Morgan fingerprint density at radius 2 is 1.75 bits per heavy atom. The molecule has 0 bridgehead atoms. The minimum absolute atomic E-state index is 0.0165. The molecule has 1 unspecified atom stereocenters. The van der Waals surface area contributed by atoms with E-state index in [0.717, 1.165) is 0 Å². The van der Waals surface area contributed by atoms with Crippen molar-refractivity contribution in [2.24, 2.45) is 0 Å². The first-order valence-electron chi connectivity index (χ1n) is 6.79. The molecule has 0 saturated carbocycles. The summed E-state index contributed by atoms with van der Waals surface area (Å²) < 4.78 is 0. The zero-order valence-corrected chi connectivity index (χ0v) is 12.6. The highest BCUT2D eigenvalue weighted by atomic mass is 16.4. The SMILES string of the molecule is CNC(CCC(=O)O)C(=O)c1ccc(C(C)(C)C)cc1. The van der Waals surface area contributed by atoms with E-state index in [1.54, 1.807) is 7.05 Å². The summed E-state index contributed by atoms with van der Waals surface area (Å²) in [5.74, 6) is -0.949. The van der Waals surface area contributed by atoms with E-state index in [0.29, 0.717) is 12.0 Å². The molecular formula is C16H23NO3. The van der Waals surface area contributed by atoms with Crippen molar-refractivity contribution in [1.29, 1.82) is 0 Å². The highest BCUT2D eigenvalue weighted by Crippen LogP contribution is 2.22. The fourth-order valence-electron chi connectivity index (χ4n) is 2.01. The summed E-state index contributed by atoms with van der Waals surface area (Å²) in [6, 6.07) is 7.09. The van der Waals surface area contributed by atoms with E-state index in [2.05, 4.69) is 26.1 Å². The molecule has 0 heterocycles. The van der Waals surface area contributed by atoms with E-state index in [4.69, 9.17) is 5.11 Å². The van der Waals surface area contributed by atoms with E-state index in [-0.39, 0.29) is 17.6 Å². The highest BCUT2D eigenvalue weighted by molar-refractivity contribution is 6.00. The molecule has 0 aliphatic carbocycles. The van der Waals surface area contributed by atoms with E-state index in [1.165, 1.54) is 5.56 Å². The maximum Gasteiger partial charge on any atom is 0.303 e. The van der Waals surface area contributed by atoms with Crippen LogP contribution in [0.2, 0.25) is 0 Å². The number of Topliss-reactive ketones (excluding diaryl/α,β-unsaturated/α-hetero) is 1. The molecule has 0 spiro atoms. The molecular weight excluding hydrogens is 254 g/mol. The molecule has 0 fully saturated rings. The fraction of sp³-hybridized carbons (Fsp3) is 0.500. The monoisotopic (exact) mass is 277 g/mol. The van der Waals surface area contributed by atoms with Crippen LogP contribution in [-0.2, 0) is 10.2 Å². The lowest BCUT2D eigenvalue weighted by Crippen LogP contribution is -2.34. The molecule has 1 rings (SSSR count). The molecule has 1 atom stereocenters. The quantitative estimate of drug-likeness (QED) is 0.784. The Kier molecular flexibility index (Phi) is 5.45. The van der Waals surface area contributed by atoms with Crippen molar-refractivity contribution in [2.45, 2.75) is 45.1 Å². The van der Waals surface area contributed by atoms with Crippen LogP contribution in [-0.4, -0.2) is 29.9 Å². The number of carboxylic acids is 1. The van der Waals surface area contributed by atoms with Gasteiger partial charge in [0, 0.05) is 12.0 Å². The lowest BCUT2D eigenvalue weighted by Gasteiger charge is -2.20. The van der Waals surface area contributed by atoms with Crippen LogP contribution in [0.25, 0.3) is 0 Å². The molecule has 0 amide bonds. The molecule has 0 aromatic heterocycles. The molecule has 4 nitrogen and oxygen atoms in total. The molecule has 0 aliphatic rings. The number of hydrogen-bond donors (Lipinski definition) is 2. The van der Waals surface area contributed by atoms with Crippen molar-refractivity contribution in [3.05, 3.63) is 35.4 Å². The maximum absolute atomic E-state index is 12.3. The number of likely N-dealkylation sites (N-methyl/N-ethyl adjacent to an activating group) is 1. The van der Waals surface area contributed by atoms with Gasteiger partial charge in [-0.05, 0) is 24.4 Å². The number of hydrogen-bond acceptors (Lipinski definition) is 3. The third-order valence-corrected chi connectivity index (χ3v) is 3.35. The third-order valence-electron chi connectivity index (χ3n) is 3.35. The first kappa shape index (κ1) is 16.4.